The maximum Gasteiger partial charge on any atom is 0.180 e. The number of hydrogen-bond acceptors (Lipinski definition) is 3. The number of hydrogen-bond donors (Lipinski definition) is 1. The van der Waals surface area contributed by atoms with Crippen molar-refractivity contribution in [2.75, 3.05) is 17.6 Å². The third-order valence-corrected chi connectivity index (χ3v) is 5.10. The van der Waals surface area contributed by atoms with Crippen molar-refractivity contribution in [2.45, 2.75) is 39.0 Å². The molecule has 1 rings (SSSR count). The van der Waals surface area contributed by atoms with E-state index in [2.05, 4.69) is 26.1 Å². The topological polar surface area (TPSA) is 46.2 Å². The van der Waals surface area contributed by atoms with Crippen LogP contribution in [0, 0.1) is 5.41 Å². The fourth-order valence-electron chi connectivity index (χ4n) is 1.50. The summed E-state index contributed by atoms with van der Waals surface area (Å²) in [5.41, 5.74) is 0.865. The Morgan fingerprint density at radius 1 is 1.17 bits per heavy atom. The van der Waals surface area contributed by atoms with E-state index in [4.69, 9.17) is 0 Å². The molecule has 0 bridgehead atoms. The number of para-hydroxylation sites is 1. The van der Waals surface area contributed by atoms with E-state index in [1.807, 2.05) is 12.1 Å². The summed E-state index contributed by atoms with van der Waals surface area (Å²) in [6.45, 7) is 8.89. The first-order chi connectivity index (χ1) is 8.32. The Labute approximate surface area is 111 Å². The van der Waals surface area contributed by atoms with Crippen LogP contribution in [-0.2, 0) is 9.84 Å². The molecule has 18 heavy (non-hydrogen) atoms. The summed E-state index contributed by atoms with van der Waals surface area (Å²) in [5.74, 6) is 0.128. The van der Waals surface area contributed by atoms with E-state index in [1.54, 1.807) is 19.1 Å². The van der Waals surface area contributed by atoms with Gasteiger partial charge < -0.3 is 5.32 Å². The van der Waals surface area contributed by atoms with E-state index in [9.17, 15) is 8.42 Å². The summed E-state index contributed by atoms with van der Waals surface area (Å²) >= 11 is 0. The second kappa shape index (κ2) is 5.74. The molecule has 0 atom stereocenters. The predicted molar refractivity (Wildman–Crippen MR) is 76.7 cm³/mol. The van der Waals surface area contributed by atoms with Crippen LogP contribution in [0.15, 0.2) is 29.2 Å². The van der Waals surface area contributed by atoms with Gasteiger partial charge in [-0.05, 0) is 24.0 Å². The Hall–Kier alpha value is -1.03. The summed E-state index contributed by atoms with van der Waals surface area (Å²) in [6, 6.07) is 7.11. The molecule has 4 heteroatoms. The zero-order chi connectivity index (χ0) is 13.8. The molecule has 0 spiro atoms. The highest BCUT2D eigenvalue weighted by Gasteiger charge is 2.19. The molecule has 0 amide bonds. The van der Waals surface area contributed by atoms with Crippen LogP contribution in [0.3, 0.4) is 0 Å². The van der Waals surface area contributed by atoms with E-state index < -0.39 is 9.84 Å². The van der Waals surface area contributed by atoms with E-state index in [-0.39, 0.29) is 11.2 Å². The van der Waals surface area contributed by atoms with Crippen LogP contribution >= 0.6 is 0 Å². The van der Waals surface area contributed by atoms with Crippen molar-refractivity contribution >= 4 is 15.5 Å². The zero-order valence-corrected chi connectivity index (χ0v) is 12.5. The van der Waals surface area contributed by atoms with Gasteiger partial charge >= 0.3 is 0 Å². The number of rotatable bonds is 6. The molecule has 0 radical (unpaired) electrons. The molecule has 0 fully saturated rings. The molecule has 0 heterocycles. The van der Waals surface area contributed by atoms with Crippen LogP contribution in [0.1, 0.15) is 34.1 Å². The lowest BCUT2D eigenvalue weighted by Crippen LogP contribution is -2.23. The highest BCUT2D eigenvalue weighted by molar-refractivity contribution is 7.91. The predicted octanol–water partition coefficient (Wildman–Crippen LogP) is 3.33. The maximum atomic E-state index is 12.0. The Bertz CT molecular complexity index is 492. The molecule has 0 aromatic heterocycles. The van der Waals surface area contributed by atoms with Gasteiger partial charge in [-0.15, -0.1) is 0 Å². The van der Waals surface area contributed by atoms with Gasteiger partial charge in [0.2, 0.25) is 0 Å². The smallest absolute Gasteiger partial charge is 0.180 e. The average molecular weight is 269 g/mol. The first kappa shape index (κ1) is 15.0. The van der Waals surface area contributed by atoms with Crippen molar-refractivity contribution in [3.05, 3.63) is 24.3 Å². The van der Waals surface area contributed by atoms with E-state index >= 15 is 0 Å². The third-order valence-electron chi connectivity index (χ3n) is 3.32. The standard InChI is InChI=1S/C14H23NO2S/c1-5-14(3,4)11-15-12-9-7-8-10-13(12)18(16,17)6-2/h7-10,15H,5-6,11H2,1-4H3. The van der Waals surface area contributed by atoms with Crippen LogP contribution in [-0.4, -0.2) is 20.7 Å². The molecular formula is C14H23NO2S. The SMILES string of the molecule is CCC(C)(C)CNc1ccccc1S(=O)(=O)CC. The Morgan fingerprint density at radius 2 is 1.78 bits per heavy atom. The summed E-state index contributed by atoms with van der Waals surface area (Å²) < 4.78 is 24.0. The fourth-order valence-corrected chi connectivity index (χ4v) is 2.57. The van der Waals surface area contributed by atoms with Gasteiger partial charge in [0.15, 0.2) is 9.84 Å². The molecule has 1 aromatic carbocycles. The third kappa shape index (κ3) is 3.73. The largest absolute Gasteiger partial charge is 0.383 e. The molecule has 102 valence electrons. The molecule has 1 aromatic rings. The van der Waals surface area contributed by atoms with Crippen molar-refractivity contribution in [1.29, 1.82) is 0 Å². The molecule has 0 unspecified atom stereocenters. The van der Waals surface area contributed by atoms with Crippen molar-refractivity contribution in [2.24, 2.45) is 5.41 Å². The summed E-state index contributed by atoms with van der Waals surface area (Å²) in [4.78, 5) is 0.402. The highest BCUT2D eigenvalue weighted by Crippen LogP contribution is 2.25. The van der Waals surface area contributed by atoms with Crippen LogP contribution in [0.25, 0.3) is 0 Å². The zero-order valence-electron chi connectivity index (χ0n) is 11.7. The van der Waals surface area contributed by atoms with Gasteiger partial charge in [0, 0.05) is 6.54 Å². The Kier molecular flexibility index (Phi) is 4.79. The van der Waals surface area contributed by atoms with Gasteiger partial charge in [-0.3, -0.25) is 0 Å². The second-order valence-electron chi connectivity index (χ2n) is 5.27. The monoisotopic (exact) mass is 269 g/mol. The van der Waals surface area contributed by atoms with E-state index in [0.29, 0.717) is 10.6 Å². The number of nitrogens with one attached hydrogen (secondary N) is 1. The lowest BCUT2D eigenvalue weighted by atomic mass is 9.90. The van der Waals surface area contributed by atoms with Gasteiger partial charge in [0.05, 0.1) is 16.3 Å². The minimum Gasteiger partial charge on any atom is -0.383 e. The summed E-state index contributed by atoms with van der Waals surface area (Å²) in [7, 11) is -3.17. The molecule has 0 aliphatic carbocycles. The van der Waals surface area contributed by atoms with E-state index in [1.165, 1.54) is 0 Å². The fraction of sp³-hybridized carbons (Fsp3) is 0.571. The second-order valence-corrected chi connectivity index (χ2v) is 7.52. The maximum absolute atomic E-state index is 12.0. The molecule has 3 nitrogen and oxygen atoms in total. The lowest BCUT2D eigenvalue weighted by molar-refractivity contribution is 0.376. The average Bonchev–Trinajstić information content (AvgIpc) is 2.37. The van der Waals surface area contributed by atoms with Gasteiger partial charge in [0.25, 0.3) is 0 Å². The molecular weight excluding hydrogens is 246 g/mol. The van der Waals surface area contributed by atoms with Crippen molar-refractivity contribution in [3.8, 4) is 0 Å². The quantitative estimate of drug-likeness (QED) is 0.861. The van der Waals surface area contributed by atoms with Gasteiger partial charge in [-0.25, -0.2) is 8.42 Å². The minimum absolute atomic E-state index is 0.128. The number of benzene rings is 1. The van der Waals surface area contributed by atoms with Gasteiger partial charge in [-0.2, -0.15) is 0 Å². The normalized spacial score (nSPS) is 12.4. The Morgan fingerprint density at radius 3 is 2.33 bits per heavy atom. The molecule has 0 saturated carbocycles. The van der Waals surface area contributed by atoms with Gasteiger partial charge in [-0.1, -0.05) is 39.8 Å². The lowest BCUT2D eigenvalue weighted by Gasteiger charge is -2.24. The van der Waals surface area contributed by atoms with Crippen LogP contribution < -0.4 is 5.32 Å². The minimum atomic E-state index is -3.17. The number of sulfone groups is 1. The molecule has 0 saturated heterocycles. The first-order valence-electron chi connectivity index (χ1n) is 6.38. The number of anilines is 1. The van der Waals surface area contributed by atoms with Crippen molar-refractivity contribution < 1.29 is 8.42 Å². The van der Waals surface area contributed by atoms with Crippen LogP contribution in [0.5, 0.6) is 0 Å². The highest BCUT2D eigenvalue weighted by atomic mass is 32.2. The first-order valence-corrected chi connectivity index (χ1v) is 8.03. The van der Waals surface area contributed by atoms with Crippen molar-refractivity contribution in [1.82, 2.24) is 0 Å². The molecule has 1 N–H and O–H groups in total. The Balaban J connectivity index is 2.98. The summed E-state index contributed by atoms with van der Waals surface area (Å²) in [6.07, 6.45) is 1.04. The molecule has 0 aliphatic heterocycles. The van der Waals surface area contributed by atoms with Gasteiger partial charge in [0.1, 0.15) is 0 Å². The van der Waals surface area contributed by atoms with Crippen molar-refractivity contribution in [3.63, 3.8) is 0 Å². The van der Waals surface area contributed by atoms with Crippen LogP contribution in [0.2, 0.25) is 0 Å². The van der Waals surface area contributed by atoms with E-state index in [0.717, 1.165) is 13.0 Å². The molecule has 0 aliphatic rings. The summed E-state index contributed by atoms with van der Waals surface area (Å²) in [5, 5.41) is 3.27. The van der Waals surface area contributed by atoms with Crippen LogP contribution in [0.4, 0.5) is 5.69 Å².